The molecule has 1 fully saturated rings. The van der Waals surface area contributed by atoms with Crippen molar-refractivity contribution in [1.29, 1.82) is 0 Å². The van der Waals surface area contributed by atoms with Crippen LogP contribution in [0.15, 0.2) is 54.1 Å². The number of hydrogen-bond donors (Lipinski definition) is 1. The first-order chi connectivity index (χ1) is 15.5. The van der Waals surface area contributed by atoms with E-state index in [0.29, 0.717) is 13.1 Å². The van der Waals surface area contributed by atoms with Crippen LogP contribution >= 0.6 is 0 Å². The summed E-state index contributed by atoms with van der Waals surface area (Å²) >= 11 is 0. The molecule has 1 aliphatic heterocycles. The van der Waals surface area contributed by atoms with Gasteiger partial charge in [0.1, 0.15) is 0 Å². The number of benzene rings is 2. The lowest BCUT2D eigenvalue weighted by Crippen LogP contribution is -2.30. The third-order valence-electron chi connectivity index (χ3n) is 6.23. The van der Waals surface area contributed by atoms with E-state index in [4.69, 9.17) is 0 Å². The van der Waals surface area contributed by atoms with Gasteiger partial charge in [-0.3, -0.25) is 9.59 Å². The average molecular weight is 434 g/mol. The summed E-state index contributed by atoms with van der Waals surface area (Å²) in [6.07, 6.45) is 2.08. The molecule has 0 aliphatic carbocycles. The summed E-state index contributed by atoms with van der Waals surface area (Å²) in [4.78, 5) is 28.4. The van der Waals surface area contributed by atoms with E-state index in [1.165, 1.54) is 18.1 Å². The molecule has 1 saturated heterocycles. The van der Waals surface area contributed by atoms with E-state index in [-0.39, 0.29) is 11.8 Å². The lowest BCUT2D eigenvalue weighted by Gasteiger charge is -2.29. The second-order valence-electron chi connectivity index (χ2n) is 8.23. The number of anilines is 1. The summed E-state index contributed by atoms with van der Waals surface area (Å²) in [5.41, 5.74) is 6.49. The molecule has 32 heavy (non-hydrogen) atoms. The van der Waals surface area contributed by atoms with E-state index in [9.17, 15) is 9.59 Å². The van der Waals surface area contributed by atoms with Crippen LogP contribution in [0, 0.1) is 0 Å². The first-order valence-corrected chi connectivity index (χ1v) is 11.7. The van der Waals surface area contributed by atoms with E-state index in [2.05, 4.69) is 41.4 Å². The Labute approximate surface area is 192 Å². The summed E-state index contributed by atoms with van der Waals surface area (Å²) in [5, 5.41) is 2.84. The minimum Gasteiger partial charge on any atom is -0.339 e. The smallest absolute Gasteiger partial charge is 0.253 e. The molecule has 0 aromatic heterocycles. The fraction of sp³-hybridized carbons (Fsp3) is 0.407. The highest BCUT2D eigenvalue weighted by atomic mass is 16.2. The molecule has 1 N–H and O–H groups in total. The standard InChI is InChI=1S/C27H35N3O2/c1-5-29-18-16-23(17-19-29)26(22-12-14-25(15-13-22)28-20(4)31)21-8-10-24(11-9-21)27(32)30(6-2)7-3/h8-15H,5-7,16-19H2,1-4H3,(H,28,31). The SMILES string of the molecule is CCN1CCC(=C(c2ccc(NC(C)=O)cc2)c2ccc(C(=O)N(CC)CC)cc2)CC1. The minimum absolute atomic E-state index is 0.0725. The Morgan fingerprint density at radius 3 is 1.81 bits per heavy atom. The topological polar surface area (TPSA) is 52.7 Å². The first-order valence-electron chi connectivity index (χ1n) is 11.7. The monoisotopic (exact) mass is 433 g/mol. The van der Waals surface area contributed by atoms with E-state index < -0.39 is 0 Å². The molecular formula is C27H35N3O2. The summed E-state index contributed by atoms with van der Waals surface area (Å²) in [5.74, 6) is 0.00314. The molecule has 1 heterocycles. The zero-order valence-electron chi connectivity index (χ0n) is 19.8. The molecule has 0 atom stereocenters. The van der Waals surface area contributed by atoms with Crippen LogP contribution in [0.1, 0.15) is 62.0 Å². The number of hydrogen-bond acceptors (Lipinski definition) is 3. The van der Waals surface area contributed by atoms with Gasteiger partial charge < -0.3 is 15.1 Å². The largest absolute Gasteiger partial charge is 0.339 e. The van der Waals surface area contributed by atoms with Gasteiger partial charge in [-0.1, -0.05) is 36.8 Å². The number of carbonyl (C=O) groups excluding carboxylic acids is 2. The second-order valence-corrected chi connectivity index (χ2v) is 8.23. The van der Waals surface area contributed by atoms with Gasteiger partial charge in [0, 0.05) is 44.4 Å². The Balaban J connectivity index is 1.96. The van der Waals surface area contributed by atoms with Gasteiger partial charge in [0.25, 0.3) is 5.91 Å². The van der Waals surface area contributed by atoms with Crippen molar-refractivity contribution in [3.05, 3.63) is 70.8 Å². The van der Waals surface area contributed by atoms with Crippen LogP contribution in [0.4, 0.5) is 5.69 Å². The fourth-order valence-corrected chi connectivity index (χ4v) is 4.36. The number of amides is 2. The number of nitrogens with zero attached hydrogens (tertiary/aromatic N) is 2. The van der Waals surface area contributed by atoms with Crippen molar-refractivity contribution in [2.75, 3.05) is 38.0 Å². The van der Waals surface area contributed by atoms with Gasteiger partial charge in [-0.25, -0.2) is 0 Å². The van der Waals surface area contributed by atoms with Gasteiger partial charge in [-0.2, -0.15) is 0 Å². The second kappa shape index (κ2) is 11.1. The lowest BCUT2D eigenvalue weighted by atomic mass is 9.88. The van der Waals surface area contributed by atoms with Crippen molar-refractivity contribution in [2.24, 2.45) is 0 Å². The predicted molar refractivity (Wildman–Crippen MR) is 132 cm³/mol. The van der Waals surface area contributed by atoms with Gasteiger partial charge >= 0.3 is 0 Å². The number of nitrogens with one attached hydrogen (secondary N) is 1. The normalized spacial score (nSPS) is 14.2. The first kappa shape index (κ1) is 23.7. The van der Waals surface area contributed by atoms with Crippen LogP contribution in [-0.4, -0.2) is 54.3 Å². The van der Waals surface area contributed by atoms with Crippen molar-refractivity contribution in [2.45, 2.75) is 40.5 Å². The molecule has 0 spiro atoms. The van der Waals surface area contributed by atoms with Crippen molar-refractivity contribution in [3.8, 4) is 0 Å². The van der Waals surface area contributed by atoms with Crippen LogP contribution in [0.5, 0.6) is 0 Å². The molecule has 0 unspecified atom stereocenters. The van der Waals surface area contributed by atoms with Crippen LogP contribution in [-0.2, 0) is 4.79 Å². The van der Waals surface area contributed by atoms with Crippen LogP contribution in [0.3, 0.4) is 0 Å². The van der Waals surface area contributed by atoms with Crippen LogP contribution < -0.4 is 5.32 Å². The van der Waals surface area contributed by atoms with Gasteiger partial charge in [0.15, 0.2) is 0 Å². The molecule has 2 amide bonds. The highest BCUT2D eigenvalue weighted by molar-refractivity contribution is 5.95. The maximum atomic E-state index is 12.7. The summed E-state index contributed by atoms with van der Waals surface area (Å²) in [6, 6.07) is 16.1. The van der Waals surface area contributed by atoms with Crippen molar-refractivity contribution >= 4 is 23.1 Å². The molecule has 5 heteroatoms. The molecule has 0 saturated carbocycles. The molecule has 0 bridgehead atoms. The highest BCUT2D eigenvalue weighted by Crippen LogP contribution is 2.33. The molecule has 170 valence electrons. The van der Waals surface area contributed by atoms with E-state index in [1.807, 2.05) is 43.0 Å². The molecule has 5 nitrogen and oxygen atoms in total. The number of rotatable bonds is 7. The maximum absolute atomic E-state index is 12.7. The Hall–Kier alpha value is -2.92. The van der Waals surface area contributed by atoms with Gasteiger partial charge in [-0.05, 0) is 74.2 Å². The summed E-state index contributed by atoms with van der Waals surface area (Å²) in [6.45, 7) is 12.4. The number of piperidine rings is 1. The average Bonchev–Trinajstić information content (AvgIpc) is 2.81. The van der Waals surface area contributed by atoms with Crippen LogP contribution in [0.25, 0.3) is 5.57 Å². The minimum atomic E-state index is -0.0725. The third kappa shape index (κ3) is 5.65. The highest BCUT2D eigenvalue weighted by Gasteiger charge is 2.19. The third-order valence-corrected chi connectivity index (χ3v) is 6.23. The van der Waals surface area contributed by atoms with E-state index in [0.717, 1.165) is 54.9 Å². The zero-order valence-corrected chi connectivity index (χ0v) is 19.8. The molecular weight excluding hydrogens is 398 g/mol. The van der Waals surface area contributed by atoms with Crippen LogP contribution in [0.2, 0.25) is 0 Å². The van der Waals surface area contributed by atoms with Crippen molar-refractivity contribution in [1.82, 2.24) is 9.80 Å². The lowest BCUT2D eigenvalue weighted by molar-refractivity contribution is -0.114. The van der Waals surface area contributed by atoms with E-state index in [1.54, 1.807) is 0 Å². The molecule has 0 radical (unpaired) electrons. The van der Waals surface area contributed by atoms with Gasteiger partial charge in [0.2, 0.25) is 5.91 Å². The summed E-state index contributed by atoms with van der Waals surface area (Å²) in [7, 11) is 0. The number of likely N-dealkylation sites (tertiary alicyclic amines) is 1. The molecule has 2 aromatic rings. The van der Waals surface area contributed by atoms with Gasteiger partial charge in [-0.15, -0.1) is 0 Å². The molecule has 3 rings (SSSR count). The van der Waals surface area contributed by atoms with E-state index >= 15 is 0 Å². The number of carbonyl (C=O) groups is 2. The van der Waals surface area contributed by atoms with Crippen molar-refractivity contribution < 1.29 is 9.59 Å². The molecule has 1 aliphatic rings. The fourth-order valence-electron chi connectivity index (χ4n) is 4.36. The Bertz CT molecular complexity index is 947. The quantitative estimate of drug-likeness (QED) is 0.665. The van der Waals surface area contributed by atoms with Gasteiger partial charge in [0.05, 0.1) is 0 Å². The Kier molecular flexibility index (Phi) is 8.23. The maximum Gasteiger partial charge on any atom is 0.253 e. The summed E-state index contributed by atoms with van der Waals surface area (Å²) < 4.78 is 0. The molecule has 2 aromatic carbocycles. The Morgan fingerprint density at radius 2 is 1.34 bits per heavy atom. The van der Waals surface area contributed by atoms with Crippen molar-refractivity contribution in [3.63, 3.8) is 0 Å². The Morgan fingerprint density at radius 1 is 0.844 bits per heavy atom. The zero-order chi connectivity index (χ0) is 23.1. The predicted octanol–water partition coefficient (Wildman–Crippen LogP) is 5.04.